The van der Waals surface area contributed by atoms with E-state index in [4.69, 9.17) is 4.74 Å². The smallest absolute Gasteiger partial charge is 0.0951 e. The number of ether oxygens (including phenoxy) is 1. The Morgan fingerprint density at radius 1 is 1.60 bits per heavy atom. The highest BCUT2D eigenvalue weighted by Gasteiger charge is 2.43. The van der Waals surface area contributed by atoms with Crippen molar-refractivity contribution in [3.05, 3.63) is 0 Å². The molecule has 0 unspecified atom stereocenters. The highest BCUT2D eigenvalue weighted by atomic mass is 16.5. The third-order valence-electron chi connectivity index (χ3n) is 2.46. The van der Waals surface area contributed by atoms with Gasteiger partial charge in [-0.15, -0.1) is 0 Å². The zero-order valence-electron chi connectivity index (χ0n) is 6.08. The maximum atomic E-state index is 9.33. The summed E-state index contributed by atoms with van der Waals surface area (Å²) in [6, 6.07) is 0.204. The fraction of sp³-hybridized carbons (Fsp3) is 1.00. The van der Waals surface area contributed by atoms with E-state index in [0.717, 1.165) is 6.54 Å². The van der Waals surface area contributed by atoms with Gasteiger partial charge in [0, 0.05) is 6.54 Å². The lowest BCUT2D eigenvalue weighted by molar-refractivity contribution is 0.0674. The van der Waals surface area contributed by atoms with Gasteiger partial charge in [-0.2, -0.15) is 0 Å². The van der Waals surface area contributed by atoms with Crippen LogP contribution in [0.1, 0.15) is 6.92 Å². The summed E-state index contributed by atoms with van der Waals surface area (Å²) >= 11 is 0. The van der Waals surface area contributed by atoms with E-state index in [9.17, 15) is 5.11 Å². The van der Waals surface area contributed by atoms with Gasteiger partial charge in [0.2, 0.25) is 0 Å². The standard InChI is InChI=1S/C7H13NO2/c1-4-2-8-6-5(9)3-10-7(4)6/h4-9H,2-3H2,1H3/t4-,5+,6-,7-/m1/s1. The van der Waals surface area contributed by atoms with Gasteiger partial charge in [-0.05, 0) is 5.92 Å². The Morgan fingerprint density at radius 2 is 2.40 bits per heavy atom. The maximum absolute atomic E-state index is 9.33. The van der Waals surface area contributed by atoms with Crippen LogP contribution in [0.15, 0.2) is 0 Å². The lowest BCUT2D eigenvalue weighted by Gasteiger charge is -2.11. The first-order valence-corrected chi connectivity index (χ1v) is 3.82. The van der Waals surface area contributed by atoms with Gasteiger partial charge in [-0.25, -0.2) is 0 Å². The maximum Gasteiger partial charge on any atom is 0.0951 e. The number of aliphatic hydroxyl groups excluding tert-OH is 1. The highest BCUT2D eigenvalue weighted by molar-refractivity contribution is 4.97. The summed E-state index contributed by atoms with van der Waals surface area (Å²) in [5.41, 5.74) is 0. The van der Waals surface area contributed by atoms with Gasteiger partial charge in [0.05, 0.1) is 24.9 Å². The summed E-state index contributed by atoms with van der Waals surface area (Å²) in [7, 11) is 0. The average Bonchev–Trinajstić information content (AvgIpc) is 2.41. The van der Waals surface area contributed by atoms with E-state index in [1.807, 2.05) is 0 Å². The molecule has 4 atom stereocenters. The monoisotopic (exact) mass is 143 g/mol. The van der Waals surface area contributed by atoms with Crippen molar-refractivity contribution < 1.29 is 9.84 Å². The van der Waals surface area contributed by atoms with Crippen molar-refractivity contribution in [3.63, 3.8) is 0 Å². The molecule has 2 N–H and O–H groups in total. The van der Waals surface area contributed by atoms with Gasteiger partial charge in [0.25, 0.3) is 0 Å². The molecule has 58 valence electrons. The van der Waals surface area contributed by atoms with Crippen LogP contribution in [0.4, 0.5) is 0 Å². The Kier molecular flexibility index (Phi) is 1.44. The van der Waals surface area contributed by atoms with Crippen LogP contribution in [0, 0.1) is 5.92 Å². The minimum atomic E-state index is -0.282. The normalized spacial score (nSPS) is 53.4. The van der Waals surface area contributed by atoms with Crippen molar-refractivity contribution >= 4 is 0 Å². The van der Waals surface area contributed by atoms with Gasteiger partial charge in [-0.1, -0.05) is 6.92 Å². The largest absolute Gasteiger partial charge is 0.389 e. The molecule has 2 heterocycles. The molecule has 0 aliphatic carbocycles. The first kappa shape index (κ1) is 6.58. The van der Waals surface area contributed by atoms with Gasteiger partial charge in [0.1, 0.15) is 0 Å². The lowest BCUT2D eigenvalue weighted by Crippen LogP contribution is -2.36. The van der Waals surface area contributed by atoms with E-state index < -0.39 is 0 Å². The number of nitrogens with one attached hydrogen (secondary N) is 1. The Morgan fingerprint density at radius 3 is 3.10 bits per heavy atom. The third-order valence-corrected chi connectivity index (χ3v) is 2.46. The molecule has 2 rings (SSSR count). The Bertz CT molecular complexity index is 124. The molecular formula is C7H13NO2. The molecule has 2 aliphatic heterocycles. The van der Waals surface area contributed by atoms with Crippen molar-refractivity contribution in [2.24, 2.45) is 5.92 Å². The molecule has 2 aliphatic rings. The first-order chi connectivity index (χ1) is 4.79. The topological polar surface area (TPSA) is 41.5 Å². The minimum Gasteiger partial charge on any atom is -0.389 e. The highest BCUT2D eigenvalue weighted by Crippen LogP contribution is 2.25. The molecule has 3 nitrogen and oxygen atoms in total. The molecule has 0 radical (unpaired) electrons. The van der Waals surface area contributed by atoms with E-state index in [1.165, 1.54) is 0 Å². The quantitative estimate of drug-likeness (QED) is 0.473. The Labute approximate surface area is 60.4 Å². The summed E-state index contributed by atoms with van der Waals surface area (Å²) in [6.07, 6.45) is -0.0232. The molecule has 3 heteroatoms. The van der Waals surface area contributed by atoms with Crippen molar-refractivity contribution in [2.45, 2.75) is 25.2 Å². The van der Waals surface area contributed by atoms with E-state index in [2.05, 4.69) is 12.2 Å². The predicted octanol–water partition coefficient (Wildman–Crippen LogP) is -0.646. The number of fused-ring (bicyclic) bond motifs is 1. The fourth-order valence-electron chi connectivity index (χ4n) is 1.84. The second-order valence-electron chi connectivity index (χ2n) is 3.28. The summed E-state index contributed by atoms with van der Waals surface area (Å²) in [5, 5.41) is 12.6. The van der Waals surface area contributed by atoms with Gasteiger partial charge in [0.15, 0.2) is 0 Å². The second kappa shape index (κ2) is 2.19. The van der Waals surface area contributed by atoms with Crippen molar-refractivity contribution in [2.75, 3.05) is 13.2 Å². The SMILES string of the molecule is C[C@@H]1CN[C@H]2[C@@H]1OC[C@@H]2O. The third kappa shape index (κ3) is 0.779. The van der Waals surface area contributed by atoms with Gasteiger partial charge < -0.3 is 15.2 Å². The summed E-state index contributed by atoms with van der Waals surface area (Å²) in [4.78, 5) is 0. The van der Waals surface area contributed by atoms with Crippen LogP contribution in [-0.2, 0) is 4.74 Å². The molecule has 0 saturated carbocycles. The lowest BCUT2D eigenvalue weighted by atomic mass is 10.0. The molecule has 0 bridgehead atoms. The summed E-state index contributed by atoms with van der Waals surface area (Å²) in [5.74, 6) is 0.558. The minimum absolute atomic E-state index is 0.204. The molecule has 10 heavy (non-hydrogen) atoms. The predicted molar refractivity (Wildman–Crippen MR) is 36.7 cm³/mol. The number of hydrogen-bond donors (Lipinski definition) is 2. The van der Waals surface area contributed by atoms with Crippen LogP contribution < -0.4 is 5.32 Å². The van der Waals surface area contributed by atoms with Crippen LogP contribution in [0.5, 0.6) is 0 Å². The fourth-order valence-corrected chi connectivity index (χ4v) is 1.84. The van der Waals surface area contributed by atoms with Gasteiger partial charge in [-0.3, -0.25) is 0 Å². The van der Waals surface area contributed by atoms with E-state index in [1.54, 1.807) is 0 Å². The van der Waals surface area contributed by atoms with Crippen LogP contribution in [0.2, 0.25) is 0 Å². The molecule has 0 aromatic heterocycles. The van der Waals surface area contributed by atoms with Crippen molar-refractivity contribution in [1.29, 1.82) is 0 Å². The number of hydrogen-bond acceptors (Lipinski definition) is 3. The van der Waals surface area contributed by atoms with Crippen molar-refractivity contribution in [1.82, 2.24) is 5.32 Å². The number of rotatable bonds is 0. The van der Waals surface area contributed by atoms with E-state index >= 15 is 0 Å². The first-order valence-electron chi connectivity index (χ1n) is 3.82. The van der Waals surface area contributed by atoms with Crippen molar-refractivity contribution in [3.8, 4) is 0 Å². The van der Waals surface area contributed by atoms with E-state index in [0.29, 0.717) is 12.5 Å². The number of aliphatic hydroxyl groups is 1. The molecule has 2 saturated heterocycles. The van der Waals surface area contributed by atoms with Gasteiger partial charge >= 0.3 is 0 Å². The molecule has 0 amide bonds. The Hall–Kier alpha value is -0.120. The zero-order valence-corrected chi connectivity index (χ0v) is 6.08. The summed E-state index contributed by atoms with van der Waals surface area (Å²) in [6.45, 7) is 3.63. The molecule has 0 aromatic rings. The molecule has 0 aromatic carbocycles. The second-order valence-corrected chi connectivity index (χ2v) is 3.28. The van der Waals surface area contributed by atoms with Crippen LogP contribution >= 0.6 is 0 Å². The molecule has 2 fully saturated rings. The molecule has 0 spiro atoms. The van der Waals surface area contributed by atoms with E-state index in [-0.39, 0.29) is 18.2 Å². The zero-order chi connectivity index (χ0) is 7.14. The summed E-state index contributed by atoms with van der Waals surface area (Å²) < 4.78 is 5.39. The average molecular weight is 143 g/mol. The van der Waals surface area contributed by atoms with Crippen LogP contribution in [0.25, 0.3) is 0 Å². The molecular weight excluding hydrogens is 130 g/mol. The Balaban J connectivity index is 2.09. The van der Waals surface area contributed by atoms with Crippen LogP contribution in [-0.4, -0.2) is 36.5 Å². The van der Waals surface area contributed by atoms with Crippen LogP contribution in [0.3, 0.4) is 0 Å².